The lowest BCUT2D eigenvalue weighted by Crippen LogP contribution is -2.29. The van der Waals surface area contributed by atoms with Crippen molar-refractivity contribution in [3.05, 3.63) is 0 Å². The van der Waals surface area contributed by atoms with Crippen LogP contribution < -0.4 is 0 Å². The number of ether oxygens (including phenoxy) is 2. The fraction of sp³-hybridized carbons (Fsp3) is 0.951. The largest absolute Gasteiger partial charge is 0.465 e. The van der Waals surface area contributed by atoms with Crippen molar-refractivity contribution in [3.63, 3.8) is 0 Å². The van der Waals surface area contributed by atoms with Gasteiger partial charge in [-0.1, -0.05) is 130 Å². The summed E-state index contributed by atoms with van der Waals surface area (Å²) in [5.41, 5.74) is -0.824. The third-order valence-electron chi connectivity index (χ3n) is 9.71. The van der Waals surface area contributed by atoms with Crippen LogP contribution in [0.15, 0.2) is 0 Å². The molecule has 280 valence electrons. The first kappa shape index (κ1) is 45.9. The lowest BCUT2D eigenvalue weighted by Gasteiger charge is -2.23. The van der Waals surface area contributed by atoms with Gasteiger partial charge in [-0.05, 0) is 85.2 Å². The molecule has 0 saturated heterocycles. The molecule has 0 aliphatic rings. The van der Waals surface area contributed by atoms with Gasteiger partial charge in [0.2, 0.25) is 0 Å². The van der Waals surface area contributed by atoms with Gasteiger partial charge in [-0.3, -0.25) is 9.59 Å². The highest BCUT2D eigenvalue weighted by molar-refractivity contribution is 5.76. The van der Waals surface area contributed by atoms with E-state index in [0.29, 0.717) is 13.2 Å². The van der Waals surface area contributed by atoms with Crippen LogP contribution >= 0.6 is 0 Å². The number of carbonyl (C=O) groups excluding carboxylic acids is 2. The van der Waals surface area contributed by atoms with Gasteiger partial charge in [-0.25, -0.2) is 0 Å². The molecular weight excluding hydrogens is 586 g/mol. The molecule has 0 saturated carbocycles. The molecular formula is C41H81NO5. The molecule has 0 aliphatic carbocycles. The highest BCUT2D eigenvalue weighted by Gasteiger charge is 2.29. The van der Waals surface area contributed by atoms with Crippen molar-refractivity contribution in [2.75, 3.05) is 39.5 Å². The first-order valence-corrected chi connectivity index (χ1v) is 20.1. The summed E-state index contributed by atoms with van der Waals surface area (Å²) < 4.78 is 11.2. The Hall–Kier alpha value is -1.14. The number of carbonyl (C=O) groups is 2. The van der Waals surface area contributed by atoms with Gasteiger partial charge in [0, 0.05) is 6.54 Å². The Kier molecular flexibility index (Phi) is 29.0. The number of hydrogen-bond acceptors (Lipinski definition) is 6. The molecule has 0 atom stereocenters. The SMILES string of the molecule is CCCCCCCCCOC(=O)C(C)(C)CCCCCCN(CCO)CCCCCCC(C)(C)C(=O)OCCCCCCCC(C)C. The second-order valence-corrected chi connectivity index (χ2v) is 16.0. The number of aliphatic hydroxyl groups excluding tert-OH is 1. The quantitative estimate of drug-likeness (QED) is 0.0544. The topological polar surface area (TPSA) is 76.1 Å². The Morgan fingerprint density at radius 3 is 1.36 bits per heavy atom. The predicted molar refractivity (Wildman–Crippen MR) is 200 cm³/mol. The van der Waals surface area contributed by atoms with Crippen LogP contribution in [0, 0.1) is 16.7 Å². The second-order valence-electron chi connectivity index (χ2n) is 16.0. The molecule has 0 rings (SSSR count). The maximum atomic E-state index is 12.6. The summed E-state index contributed by atoms with van der Waals surface area (Å²) in [5, 5.41) is 9.55. The minimum Gasteiger partial charge on any atom is -0.465 e. The molecule has 0 amide bonds. The first-order chi connectivity index (χ1) is 22.5. The van der Waals surface area contributed by atoms with Crippen molar-refractivity contribution in [2.24, 2.45) is 16.7 Å². The zero-order chi connectivity index (χ0) is 35.2. The monoisotopic (exact) mass is 668 g/mol. The number of hydrogen-bond donors (Lipinski definition) is 1. The number of rotatable bonds is 34. The average molecular weight is 668 g/mol. The molecule has 0 aromatic heterocycles. The van der Waals surface area contributed by atoms with Gasteiger partial charge in [-0.15, -0.1) is 0 Å². The zero-order valence-corrected chi connectivity index (χ0v) is 32.6. The number of unbranched alkanes of at least 4 members (excludes halogenated alkanes) is 16. The maximum absolute atomic E-state index is 12.6. The minimum absolute atomic E-state index is 0.0466. The van der Waals surface area contributed by atoms with Gasteiger partial charge in [0.1, 0.15) is 0 Å². The van der Waals surface area contributed by atoms with Gasteiger partial charge >= 0.3 is 11.9 Å². The third kappa shape index (κ3) is 27.4. The van der Waals surface area contributed by atoms with Crippen molar-refractivity contribution < 1.29 is 24.2 Å². The molecule has 0 aromatic carbocycles. The molecule has 0 fully saturated rings. The van der Waals surface area contributed by atoms with Crippen LogP contribution in [0.1, 0.15) is 196 Å². The molecule has 47 heavy (non-hydrogen) atoms. The number of nitrogens with zero attached hydrogens (tertiary/aromatic N) is 1. The van der Waals surface area contributed by atoms with Crippen LogP contribution in [-0.2, 0) is 19.1 Å². The summed E-state index contributed by atoms with van der Waals surface area (Å²) in [4.78, 5) is 27.6. The molecule has 0 unspecified atom stereocenters. The van der Waals surface area contributed by atoms with Crippen molar-refractivity contribution in [3.8, 4) is 0 Å². The van der Waals surface area contributed by atoms with E-state index in [9.17, 15) is 14.7 Å². The first-order valence-electron chi connectivity index (χ1n) is 20.1. The van der Waals surface area contributed by atoms with Crippen LogP contribution in [0.5, 0.6) is 0 Å². The highest BCUT2D eigenvalue weighted by Crippen LogP contribution is 2.27. The summed E-state index contributed by atoms with van der Waals surface area (Å²) >= 11 is 0. The highest BCUT2D eigenvalue weighted by atomic mass is 16.5. The standard InChI is InChI=1S/C41H81NO5/c1-8-9-10-11-12-19-26-35-46-38(44)40(4,5)29-22-15-17-24-31-42(33-34-43)32-25-18-16-23-30-41(6,7)39(45)47-36-27-20-13-14-21-28-37(2)3/h37,43H,8-36H2,1-7H3. The molecule has 0 radical (unpaired) electrons. The van der Waals surface area contributed by atoms with Gasteiger partial charge in [-0.2, -0.15) is 0 Å². The van der Waals surface area contributed by atoms with Crippen LogP contribution in [0.25, 0.3) is 0 Å². The fourth-order valence-electron chi connectivity index (χ4n) is 6.16. The van der Waals surface area contributed by atoms with E-state index >= 15 is 0 Å². The van der Waals surface area contributed by atoms with Crippen LogP contribution in [0.2, 0.25) is 0 Å². The average Bonchev–Trinajstić information content (AvgIpc) is 3.02. The van der Waals surface area contributed by atoms with Gasteiger partial charge in [0.25, 0.3) is 0 Å². The second kappa shape index (κ2) is 29.7. The van der Waals surface area contributed by atoms with Gasteiger partial charge in [0.05, 0.1) is 30.7 Å². The molecule has 0 aromatic rings. The lowest BCUT2D eigenvalue weighted by atomic mass is 9.87. The van der Waals surface area contributed by atoms with E-state index in [-0.39, 0.29) is 18.5 Å². The fourth-order valence-corrected chi connectivity index (χ4v) is 6.16. The van der Waals surface area contributed by atoms with Gasteiger partial charge < -0.3 is 19.5 Å². The molecule has 0 bridgehead atoms. The Labute approximate surface area is 292 Å². The smallest absolute Gasteiger partial charge is 0.311 e. The molecule has 0 spiro atoms. The summed E-state index contributed by atoms with van der Waals surface area (Å²) in [6, 6.07) is 0. The molecule has 0 heterocycles. The zero-order valence-electron chi connectivity index (χ0n) is 32.6. The summed E-state index contributed by atoms with van der Waals surface area (Å²) in [5.74, 6) is 0.697. The summed E-state index contributed by atoms with van der Waals surface area (Å²) in [6.45, 7) is 19.0. The Balaban J connectivity index is 3.95. The summed E-state index contributed by atoms with van der Waals surface area (Å²) in [6.07, 6.45) is 26.5. The molecule has 0 aliphatic heterocycles. The number of aliphatic hydroxyl groups is 1. The van der Waals surface area contributed by atoms with Crippen LogP contribution in [0.4, 0.5) is 0 Å². The third-order valence-corrected chi connectivity index (χ3v) is 9.71. The van der Waals surface area contributed by atoms with E-state index in [1.165, 1.54) is 57.8 Å². The van der Waals surface area contributed by atoms with Gasteiger partial charge in [0.15, 0.2) is 0 Å². The molecule has 6 nitrogen and oxygen atoms in total. The van der Waals surface area contributed by atoms with Crippen molar-refractivity contribution in [1.82, 2.24) is 4.90 Å². The Bertz CT molecular complexity index is 735. The van der Waals surface area contributed by atoms with E-state index < -0.39 is 10.8 Å². The molecule has 1 N–H and O–H groups in total. The van der Waals surface area contributed by atoms with E-state index in [2.05, 4.69) is 25.7 Å². The van der Waals surface area contributed by atoms with Crippen molar-refractivity contribution >= 4 is 11.9 Å². The Morgan fingerprint density at radius 2 is 0.936 bits per heavy atom. The Morgan fingerprint density at radius 1 is 0.553 bits per heavy atom. The van der Waals surface area contributed by atoms with Crippen molar-refractivity contribution in [1.29, 1.82) is 0 Å². The van der Waals surface area contributed by atoms with Crippen LogP contribution in [-0.4, -0.2) is 61.4 Å². The summed E-state index contributed by atoms with van der Waals surface area (Å²) in [7, 11) is 0. The van der Waals surface area contributed by atoms with Crippen molar-refractivity contribution in [2.45, 2.75) is 196 Å². The van der Waals surface area contributed by atoms with E-state index in [1.807, 2.05) is 27.7 Å². The number of esters is 2. The lowest BCUT2D eigenvalue weighted by molar-refractivity contribution is -0.155. The predicted octanol–water partition coefficient (Wildman–Crippen LogP) is 11.1. The minimum atomic E-state index is -0.414. The van der Waals surface area contributed by atoms with E-state index in [4.69, 9.17) is 9.47 Å². The maximum Gasteiger partial charge on any atom is 0.311 e. The van der Waals surface area contributed by atoms with E-state index in [1.54, 1.807) is 0 Å². The molecule has 6 heteroatoms. The normalized spacial score (nSPS) is 12.3. The van der Waals surface area contributed by atoms with Crippen LogP contribution in [0.3, 0.4) is 0 Å². The van der Waals surface area contributed by atoms with E-state index in [0.717, 1.165) is 115 Å².